The molecule has 18 rings (SSSR count). The molecule has 4 fully saturated rings. The van der Waals surface area contributed by atoms with Crippen molar-refractivity contribution in [2.75, 3.05) is 21.3 Å². The molecule has 4 aliphatic heterocycles. The van der Waals surface area contributed by atoms with Crippen molar-refractivity contribution >= 4 is 246 Å². The van der Waals surface area contributed by atoms with Crippen LogP contribution in [-0.2, 0) is 50.1 Å². The van der Waals surface area contributed by atoms with Crippen molar-refractivity contribution in [1.82, 2.24) is 4.57 Å². The van der Waals surface area contributed by atoms with Crippen LogP contribution in [0, 0.1) is 0 Å². The van der Waals surface area contributed by atoms with Gasteiger partial charge in [0.15, 0.2) is 0 Å². The predicted molar refractivity (Wildman–Crippen MR) is 621 cm³/mol. The fourth-order valence-corrected chi connectivity index (χ4v) is 19.9. The summed E-state index contributed by atoms with van der Waals surface area (Å²) in [7, 11) is -1.59. The van der Waals surface area contributed by atoms with Crippen molar-refractivity contribution in [1.29, 1.82) is 0 Å². The van der Waals surface area contributed by atoms with E-state index in [0.29, 0.717) is 0 Å². The number of hydrogen-bond donors (Lipinski definition) is 0. The second kappa shape index (κ2) is 47.6. The maximum atomic E-state index is 6.30. The van der Waals surface area contributed by atoms with Gasteiger partial charge in [-0.15, -0.1) is 11.3 Å². The van der Waals surface area contributed by atoms with Crippen LogP contribution in [0.3, 0.4) is 0 Å². The highest BCUT2D eigenvalue weighted by Gasteiger charge is 2.55. The summed E-state index contributed by atoms with van der Waals surface area (Å²) in [6.45, 7) is 40.7. The molecule has 0 spiro atoms. The summed E-state index contributed by atoms with van der Waals surface area (Å²) in [5.74, 6) is 0.874. The summed E-state index contributed by atoms with van der Waals surface area (Å²) in [5.41, 5.74) is 17.1. The summed E-state index contributed by atoms with van der Waals surface area (Å²) >= 11 is 26.5. The molecule has 0 atom stereocenters. The van der Waals surface area contributed by atoms with Crippen LogP contribution in [0.4, 0.5) is 51.2 Å². The maximum Gasteiger partial charge on any atom is 0.494 e. The SMILES string of the molecule is Brc1ccc(-n2c3ccc(Br)cc3c3cc(Br)ccc32)cc1.Brc1ccc(N(c2ccc(Br)cc2)c2ccc(Br)cc2)cc1.CCCCCCCCc1ccsc1Br.CCCCOc1ccc(N(c2ccc(B3OC(C)(C)C(C)(C)O3)cc2)c2ccc(B3OC(C)(C)C(C)(C)O3)cc2)cc1.CCCCc1ccc(N(c2ccc(B3OC(C)(C)C(C)(C)O3)cc2)c2ccc(B3OC(C)(C)C(C)(C)O3)cc2)cc1. The number of hydrogen-bond acceptors (Lipinski definition) is 13. The van der Waals surface area contributed by atoms with Gasteiger partial charge in [0.25, 0.3) is 0 Å². The van der Waals surface area contributed by atoms with Gasteiger partial charge in [0.2, 0.25) is 0 Å². The first-order chi connectivity index (χ1) is 67.1. The highest BCUT2D eigenvalue weighted by molar-refractivity contribution is 9.11. The minimum absolute atomic E-state index is 0.374. The number of benzene rings is 12. The Hall–Kier alpha value is -7.36. The Morgan fingerprint density at radius 3 is 0.830 bits per heavy atom. The average Bonchev–Trinajstić information content (AvgIpc) is 1.59. The molecule has 4 saturated heterocycles. The molecule has 0 aliphatic carbocycles. The zero-order chi connectivity index (χ0) is 101. The first-order valence-electron chi connectivity index (χ1n) is 49.3. The lowest BCUT2D eigenvalue weighted by atomic mass is 9.79. The van der Waals surface area contributed by atoms with Gasteiger partial charge in [-0.1, -0.05) is 222 Å². The standard InChI is InChI=1S/C34H45B2NO5.C34H45B2NO4.C18H10Br3N.C18H12Br3N.C12H19BrS/c1-10-11-24-38-30-22-20-29(21-23-30)37(27-16-12-25(13-17-27)35-39-31(2,3)32(4,5)40-35)28-18-14-26(15-19-28)36-41-33(6,7)34(8,9)42-36;1-10-11-12-25-13-19-28(20-14-25)37(29-21-15-26(16-22-29)35-38-31(2,3)32(4,5)39-35)30-23-17-27(18-24-30)36-40-33(6,7)34(8,9)41-36;19-11-1-5-14(6-2-11)22-17-7-3-12(20)9-15(17)16-10-13(21)4-8-18(16)22;19-13-1-7-16(8-2-13)22(17-9-3-14(20)4-10-17)18-11-5-15(21)6-12-18;1-2-3-4-5-6-7-8-11-9-10-14-12(11)13/h12-23H,10-11,24H2,1-9H3;13-24H,10-12H2,1-9H3;1-10H;1-12H;9-10H,2-8H2,1H3. The van der Waals surface area contributed by atoms with Crippen LogP contribution < -0.4 is 41.3 Å². The summed E-state index contributed by atoms with van der Waals surface area (Å²) in [6, 6.07) is 99.5. The normalized spacial score (nSPS) is 16.4. The lowest BCUT2D eigenvalue weighted by molar-refractivity contribution is 0.00578. The van der Waals surface area contributed by atoms with Crippen LogP contribution >= 0.6 is 123 Å². The van der Waals surface area contributed by atoms with E-state index in [0.717, 1.165) is 137 Å². The molecule has 2 aromatic heterocycles. The lowest BCUT2D eigenvalue weighted by Gasteiger charge is -2.32. The topological polar surface area (TPSA) is 97.7 Å². The molecule has 0 saturated carbocycles. The van der Waals surface area contributed by atoms with E-state index in [2.05, 4.69) is 541 Å². The molecule has 0 radical (unpaired) electrons. The molecule has 25 heteroatoms. The van der Waals surface area contributed by atoms with Crippen LogP contribution in [0.2, 0.25) is 0 Å². The fraction of sp³-hybridized carbons (Fsp3) is 0.345. The van der Waals surface area contributed by atoms with E-state index in [1.165, 1.54) is 94.5 Å². The molecular weight excluding hydrogens is 2230 g/mol. The molecule has 0 unspecified atom stereocenters. The highest BCUT2D eigenvalue weighted by Crippen LogP contribution is 2.46. The van der Waals surface area contributed by atoms with Gasteiger partial charge in [-0.25, -0.2) is 0 Å². The number of halogens is 7. The number of aryl methyl sites for hydroxylation is 2. The second-order valence-corrected chi connectivity index (χ2v) is 48.2. The first-order valence-corrected chi connectivity index (χ1v) is 55.7. The monoisotopic (exact) mass is 2350 g/mol. The number of thiophene rings is 1. The molecule has 0 bridgehead atoms. The van der Waals surface area contributed by atoms with Gasteiger partial charge in [-0.3, -0.25) is 0 Å². The molecule has 4 aliphatic rings. The molecule has 13 nitrogen and oxygen atoms in total. The molecule has 12 aromatic carbocycles. The third-order valence-electron chi connectivity index (χ3n) is 28.1. The van der Waals surface area contributed by atoms with E-state index in [-0.39, 0.29) is 59.0 Å². The molecule has 736 valence electrons. The zero-order valence-corrected chi connectivity index (χ0v) is 96.7. The van der Waals surface area contributed by atoms with Gasteiger partial charge < -0.3 is 61.2 Å². The summed E-state index contributed by atoms with van der Waals surface area (Å²) < 4.78 is 66.4. The number of aromatic nitrogens is 1. The molecule has 14 aromatic rings. The van der Waals surface area contributed by atoms with E-state index in [9.17, 15) is 0 Å². The van der Waals surface area contributed by atoms with E-state index >= 15 is 0 Å². The smallest absolute Gasteiger partial charge is 0.494 e. The number of anilines is 9. The Bertz CT molecular complexity index is 6030. The third kappa shape index (κ3) is 27.0. The van der Waals surface area contributed by atoms with Crippen LogP contribution in [0.1, 0.15) is 207 Å². The van der Waals surface area contributed by atoms with Crippen LogP contribution in [0.5, 0.6) is 5.75 Å². The van der Waals surface area contributed by atoms with Gasteiger partial charge in [-0.05, 0) is 422 Å². The maximum absolute atomic E-state index is 6.30. The molecule has 6 heterocycles. The van der Waals surface area contributed by atoms with Crippen LogP contribution in [0.25, 0.3) is 27.5 Å². The van der Waals surface area contributed by atoms with Crippen molar-refractivity contribution in [3.8, 4) is 11.4 Å². The Labute approximate surface area is 902 Å². The Morgan fingerprint density at radius 1 is 0.277 bits per heavy atom. The summed E-state index contributed by atoms with van der Waals surface area (Å²) in [5, 5.41) is 4.65. The molecular formula is C116H131B4Br7N4O9S. The average molecular weight is 2360 g/mol. The number of ether oxygens (including phenoxy) is 1. The number of fused-ring (bicyclic) bond motifs is 3. The van der Waals surface area contributed by atoms with Gasteiger partial charge in [0, 0.05) is 94.5 Å². The van der Waals surface area contributed by atoms with Crippen molar-refractivity contribution in [3.63, 3.8) is 0 Å². The van der Waals surface area contributed by atoms with Crippen molar-refractivity contribution in [3.05, 3.63) is 332 Å². The minimum Gasteiger partial charge on any atom is -0.494 e. The van der Waals surface area contributed by atoms with Crippen molar-refractivity contribution in [2.45, 2.75) is 253 Å². The van der Waals surface area contributed by atoms with Crippen molar-refractivity contribution in [2.24, 2.45) is 0 Å². The largest absolute Gasteiger partial charge is 0.494 e. The summed E-state index contributed by atoms with van der Waals surface area (Å²) in [4.78, 5) is 6.74. The Balaban J connectivity index is 0.000000147. The first kappa shape index (κ1) is 109. The number of unbranched alkanes of at least 4 members (excludes halogenated alkanes) is 7. The number of nitrogens with zero attached hydrogens (tertiary/aromatic N) is 4. The molecule has 141 heavy (non-hydrogen) atoms. The second-order valence-electron chi connectivity index (χ2n) is 40.5. The molecule has 0 amide bonds. The van der Waals surface area contributed by atoms with Gasteiger partial charge in [0.1, 0.15) is 5.75 Å². The van der Waals surface area contributed by atoms with E-state index in [1.54, 1.807) is 11.3 Å². The van der Waals surface area contributed by atoms with Crippen LogP contribution in [-0.4, -0.2) is 84.5 Å². The molecule has 0 N–H and O–H groups in total. The van der Waals surface area contributed by atoms with Crippen molar-refractivity contribution < 1.29 is 42.0 Å². The van der Waals surface area contributed by atoms with Gasteiger partial charge in [-0.2, -0.15) is 0 Å². The van der Waals surface area contributed by atoms with E-state index in [1.807, 2.05) is 12.1 Å². The van der Waals surface area contributed by atoms with Gasteiger partial charge in [0.05, 0.1) is 66.2 Å². The van der Waals surface area contributed by atoms with Crippen LogP contribution in [0.15, 0.2) is 321 Å². The quantitative estimate of drug-likeness (QED) is 0.0345. The zero-order valence-electron chi connectivity index (χ0n) is 84.7. The summed E-state index contributed by atoms with van der Waals surface area (Å²) in [6.07, 6.45) is 15.2. The highest BCUT2D eigenvalue weighted by atomic mass is 79.9. The fourth-order valence-electron chi connectivity index (χ4n) is 16.8. The number of rotatable bonds is 28. The van der Waals surface area contributed by atoms with E-state index < -0.39 is 14.2 Å². The van der Waals surface area contributed by atoms with E-state index in [4.69, 9.17) is 42.0 Å². The minimum atomic E-state index is -0.406. The third-order valence-corrected chi connectivity index (χ3v) is 33.0. The predicted octanol–water partition coefficient (Wildman–Crippen LogP) is 34.0. The Morgan fingerprint density at radius 2 is 0.539 bits per heavy atom. The Kier molecular flexibility index (Phi) is 36.9. The lowest BCUT2D eigenvalue weighted by Crippen LogP contribution is -2.41. The van der Waals surface area contributed by atoms with Gasteiger partial charge >= 0.3 is 28.5 Å².